The van der Waals surface area contributed by atoms with Crippen LogP contribution in [0.3, 0.4) is 0 Å². The van der Waals surface area contributed by atoms with E-state index in [4.69, 9.17) is 11.5 Å². The van der Waals surface area contributed by atoms with Crippen molar-refractivity contribution in [2.45, 2.75) is 0 Å². The maximum atomic E-state index is 10.7. The van der Waals surface area contributed by atoms with Gasteiger partial charge in [0.2, 0.25) is 5.91 Å². The number of carbonyl (C=O) groups excluding carboxylic acids is 1. The van der Waals surface area contributed by atoms with Crippen molar-refractivity contribution >= 4 is 28.7 Å². The number of hydrogen-bond donors (Lipinski definition) is 2. The molecule has 16 heavy (non-hydrogen) atoms. The van der Waals surface area contributed by atoms with Gasteiger partial charge in [0, 0.05) is 29.7 Å². The molecule has 0 bridgehead atoms. The van der Waals surface area contributed by atoms with E-state index in [0.29, 0.717) is 16.8 Å². The number of primary amides is 1. The molecule has 0 spiro atoms. The van der Waals surface area contributed by atoms with Gasteiger partial charge in [-0.1, -0.05) is 0 Å². The molecule has 1 aromatic heterocycles. The topological polar surface area (TPSA) is 94.9 Å². The van der Waals surface area contributed by atoms with E-state index in [9.17, 15) is 4.79 Å². The Morgan fingerprint density at radius 2 is 2.00 bits per heavy atom. The van der Waals surface area contributed by atoms with Crippen molar-refractivity contribution in [2.75, 3.05) is 5.73 Å². The van der Waals surface area contributed by atoms with E-state index in [1.807, 2.05) is 0 Å². The molecule has 1 amide bonds. The summed E-state index contributed by atoms with van der Waals surface area (Å²) in [5.41, 5.74) is 13.4. The molecule has 80 valence electrons. The van der Waals surface area contributed by atoms with Crippen LogP contribution in [0.1, 0.15) is 5.56 Å². The number of rotatable bonds is 2. The molecule has 2 rings (SSSR count). The number of nitrogen functional groups attached to an aromatic ring is 1. The third-order valence-corrected chi connectivity index (χ3v) is 2.13. The summed E-state index contributed by atoms with van der Waals surface area (Å²) >= 11 is 0. The van der Waals surface area contributed by atoms with Gasteiger partial charge in [-0.25, -0.2) is 0 Å². The van der Waals surface area contributed by atoms with Gasteiger partial charge in [0.25, 0.3) is 0 Å². The number of benzene rings is 1. The normalized spacial score (nSPS) is 11.0. The van der Waals surface area contributed by atoms with Crippen molar-refractivity contribution in [1.82, 2.24) is 9.97 Å². The molecular formula is C11H10N4O. The van der Waals surface area contributed by atoms with Gasteiger partial charge in [-0.15, -0.1) is 0 Å². The van der Waals surface area contributed by atoms with Gasteiger partial charge >= 0.3 is 0 Å². The van der Waals surface area contributed by atoms with Gasteiger partial charge in [-0.2, -0.15) is 0 Å². The molecule has 5 nitrogen and oxygen atoms in total. The second kappa shape index (κ2) is 3.98. The van der Waals surface area contributed by atoms with Crippen LogP contribution in [0.2, 0.25) is 0 Å². The Bertz CT molecular complexity index is 577. The summed E-state index contributed by atoms with van der Waals surface area (Å²) in [6.07, 6.45) is 5.97. The van der Waals surface area contributed by atoms with Gasteiger partial charge in [-0.3, -0.25) is 14.8 Å². The van der Waals surface area contributed by atoms with E-state index in [0.717, 1.165) is 5.52 Å². The van der Waals surface area contributed by atoms with Gasteiger partial charge in [0.1, 0.15) is 0 Å². The number of amides is 1. The number of nitrogens with zero attached hydrogens (tertiary/aromatic N) is 2. The van der Waals surface area contributed by atoms with Crippen molar-refractivity contribution < 1.29 is 4.79 Å². The van der Waals surface area contributed by atoms with Gasteiger partial charge in [0.15, 0.2) is 0 Å². The van der Waals surface area contributed by atoms with E-state index in [-0.39, 0.29) is 0 Å². The molecule has 5 heteroatoms. The molecule has 0 aliphatic heterocycles. The third kappa shape index (κ3) is 1.83. The molecular weight excluding hydrogens is 204 g/mol. The first kappa shape index (κ1) is 10.1. The van der Waals surface area contributed by atoms with Crippen molar-refractivity contribution in [2.24, 2.45) is 5.73 Å². The second-order valence-corrected chi connectivity index (χ2v) is 3.23. The molecule has 0 aliphatic carbocycles. The van der Waals surface area contributed by atoms with Crippen LogP contribution in [0.4, 0.5) is 5.69 Å². The highest BCUT2D eigenvalue weighted by Crippen LogP contribution is 2.21. The Morgan fingerprint density at radius 3 is 2.75 bits per heavy atom. The lowest BCUT2D eigenvalue weighted by Crippen LogP contribution is -2.05. The molecule has 0 atom stereocenters. The minimum Gasteiger partial charge on any atom is -0.398 e. The van der Waals surface area contributed by atoms with Gasteiger partial charge in [-0.05, 0) is 18.2 Å². The minimum atomic E-state index is -0.528. The molecule has 0 radical (unpaired) electrons. The van der Waals surface area contributed by atoms with Crippen LogP contribution in [0.25, 0.3) is 17.1 Å². The zero-order valence-electron chi connectivity index (χ0n) is 8.42. The third-order valence-electron chi connectivity index (χ3n) is 2.13. The quantitative estimate of drug-likeness (QED) is 0.568. The lowest BCUT2D eigenvalue weighted by atomic mass is 10.1. The zero-order valence-corrected chi connectivity index (χ0v) is 8.42. The largest absolute Gasteiger partial charge is 0.398 e. The Kier molecular flexibility index (Phi) is 2.51. The fraction of sp³-hybridized carbons (Fsp3) is 0. The summed E-state index contributed by atoms with van der Waals surface area (Å²) in [6.45, 7) is 0. The number of aromatic nitrogens is 2. The first-order valence-electron chi connectivity index (χ1n) is 4.65. The standard InChI is InChI=1S/C11H10N4O/c12-8-2-3-9-11(15-6-5-14-9)7(8)1-4-10(13)16/h1-6H,12H2,(H2,13,16). The second-order valence-electron chi connectivity index (χ2n) is 3.23. The van der Waals surface area contributed by atoms with E-state index in [1.54, 1.807) is 30.6 Å². The first-order valence-corrected chi connectivity index (χ1v) is 4.65. The van der Waals surface area contributed by atoms with E-state index >= 15 is 0 Å². The number of hydrogen-bond acceptors (Lipinski definition) is 4. The molecule has 1 aromatic carbocycles. The average molecular weight is 214 g/mol. The molecule has 0 saturated heterocycles. The van der Waals surface area contributed by atoms with Crippen molar-refractivity contribution in [3.8, 4) is 0 Å². The summed E-state index contributed by atoms with van der Waals surface area (Å²) in [7, 11) is 0. The summed E-state index contributed by atoms with van der Waals surface area (Å²) in [6, 6.07) is 3.50. The maximum absolute atomic E-state index is 10.7. The molecule has 0 aliphatic rings. The fourth-order valence-electron chi connectivity index (χ4n) is 1.41. The smallest absolute Gasteiger partial charge is 0.241 e. The minimum absolute atomic E-state index is 0.528. The Balaban J connectivity index is 2.66. The predicted octanol–water partition coefficient (Wildman–Crippen LogP) is 0.711. The summed E-state index contributed by atoms with van der Waals surface area (Å²) in [4.78, 5) is 19.0. The van der Waals surface area contributed by atoms with E-state index < -0.39 is 5.91 Å². The Labute approximate surface area is 91.8 Å². The highest BCUT2D eigenvalue weighted by Gasteiger charge is 2.04. The summed E-state index contributed by atoms with van der Waals surface area (Å²) in [5, 5.41) is 0. The molecule has 2 aromatic rings. The van der Waals surface area contributed by atoms with E-state index in [1.165, 1.54) is 6.08 Å². The van der Waals surface area contributed by atoms with Gasteiger partial charge < -0.3 is 11.5 Å². The maximum Gasteiger partial charge on any atom is 0.241 e. The first-order chi connectivity index (χ1) is 7.68. The van der Waals surface area contributed by atoms with Crippen LogP contribution in [0.15, 0.2) is 30.6 Å². The van der Waals surface area contributed by atoms with Crippen LogP contribution >= 0.6 is 0 Å². The molecule has 4 N–H and O–H groups in total. The Hall–Kier alpha value is -2.43. The highest BCUT2D eigenvalue weighted by atomic mass is 16.1. The van der Waals surface area contributed by atoms with Crippen LogP contribution < -0.4 is 11.5 Å². The zero-order chi connectivity index (χ0) is 11.5. The number of anilines is 1. The van der Waals surface area contributed by atoms with Crippen LogP contribution in [0, 0.1) is 0 Å². The summed E-state index contributed by atoms with van der Waals surface area (Å²) in [5.74, 6) is -0.528. The van der Waals surface area contributed by atoms with Crippen LogP contribution in [0.5, 0.6) is 0 Å². The van der Waals surface area contributed by atoms with Crippen LogP contribution in [-0.2, 0) is 4.79 Å². The lowest BCUT2D eigenvalue weighted by molar-refractivity contribution is -0.113. The summed E-state index contributed by atoms with van der Waals surface area (Å²) < 4.78 is 0. The fourth-order valence-corrected chi connectivity index (χ4v) is 1.41. The van der Waals surface area contributed by atoms with E-state index in [2.05, 4.69) is 9.97 Å². The lowest BCUT2D eigenvalue weighted by Gasteiger charge is -2.03. The number of fused-ring (bicyclic) bond motifs is 1. The predicted molar refractivity (Wildman–Crippen MR) is 62.2 cm³/mol. The average Bonchev–Trinajstić information content (AvgIpc) is 2.27. The molecule has 0 saturated carbocycles. The van der Waals surface area contributed by atoms with Gasteiger partial charge in [0.05, 0.1) is 11.0 Å². The van der Waals surface area contributed by atoms with Crippen molar-refractivity contribution in [3.63, 3.8) is 0 Å². The van der Waals surface area contributed by atoms with Crippen LogP contribution in [-0.4, -0.2) is 15.9 Å². The number of nitrogens with two attached hydrogens (primary N) is 2. The SMILES string of the molecule is NC(=O)C=Cc1c(N)ccc2nccnc12. The molecule has 1 heterocycles. The Morgan fingerprint density at radius 1 is 1.25 bits per heavy atom. The monoisotopic (exact) mass is 214 g/mol. The number of carbonyl (C=O) groups is 1. The molecule has 0 unspecified atom stereocenters. The molecule has 0 fully saturated rings. The van der Waals surface area contributed by atoms with Crippen molar-refractivity contribution in [1.29, 1.82) is 0 Å². The van der Waals surface area contributed by atoms with Crippen molar-refractivity contribution in [3.05, 3.63) is 36.2 Å². The highest BCUT2D eigenvalue weighted by molar-refractivity contribution is 5.96.